The molecule has 130 valence electrons. The van der Waals surface area contributed by atoms with Gasteiger partial charge in [-0.1, -0.05) is 23.2 Å². The van der Waals surface area contributed by atoms with Crippen molar-refractivity contribution in [2.24, 2.45) is 0 Å². The van der Waals surface area contributed by atoms with E-state index in [4.69, 9.17) is 23.2 Å². The molecule has 11 heteroatoms. The molecule has 2 aromatic rings. The van der Waals surface area contributed by atoms with E-state index in [-0.39, 0.29) is 26.4 Å². The number of halogens is 2. The molecule has 0 aliphatic carbocycles. The minimum absolute atomic E-state index is 0.0462. The van der Waals surface area contributed by atoms with Crippen LogP contribution in [0.3, 0.4) is 0 Å². The van der Waals surface area contributed by atoms with Gasteiger partial charge in [-0.25, -0.2) is 26.1 Å². The maximum atomic E-state index is 12.2. The highest BCUT2D eigenvalue weighted by molar-refractivity contribution is 7.92. The molecule has 0 unspecified atom stereocenters. The fourth-order valence-electron chi connectivity index (χ4n) is 1.91. The number of pyridine rings is 1. The number of aromatic hydroxyl groups is 1. The molecule has 0 aliphatic rings. The molecule has 2 rings (SSSR count). The summed E-state index contributed by atoms with van der Waals surface area (Å²) in [6.07, 6.45) is 2.79. The molecule has 1 heterocycles. The zero-order valence-electron chi connectivity index (χ0n) is 12.4. The molecule has 0 saturated heterocycles. The number of benzene rings is 1. The van der Waals surface area contributed by atoms with Gasteiger partial charge in [0.25, 0.3) is 0 Å². The number of anilines is 2. The second-order valence-corrected chi connectivity index (χ2v) is 9.66. The van der Waals surface area contributed by atoms with Crippen LogP contribution in [0.4, 0.5) is 11.5 Å². The van der Waals surface area contributed by atoms with Crippen LogP contribution in [0.5, 0.6) is 5.75 Å². The molecule has 0 bridgehead atoms. The molecule has 1 aromatic carbocycles. The quantitative estimate of drug-likeness (QED) is 0.829. The maximum absolute atomic E-state index is 12.2. The number of aromatic nitrogens is 1. The Kier molecular flexibility index (Phi) is 5.01. The molecule has 1 N–H and O–H groups in total. The van der Waals surface area contributed by atoms with Crippen molar-refractivity contribution < 1.29 is 21.9 Å². The first kappa shape index (κ1) is 18.8. The zero-order valence-corrected chi connectivity index (χ0v) is 15.6. The molecule has 7 nitrogen and oxygen atoms in total. The van der Waals surface area contributed by atoms with Gasteiger partial charge in [0, 0.05) is 28.6 Å². The Morgan fingerprint density at radius 3 is 1.96 bits per heavy atom. The van der Waals surface area contributed by atoms with Crippen molar-refractivity contribution in [3.63, 3.8) is 0 Å². The zero-order chi connectivity index (χ0) is 18.3. The number of sulfonamides is 1. The molecule has 0 aliphatic heterocycles. The van der Waals surface area contributed by atoms with Crippen molar-refractivity contribution in [3.05, 3.63) is 40.5 Å². The van der Waals surface area contributed by atoms with Crippen LogP contribution >= 0.6 is 23.2 Å². The van der Waals surface area contributed by atoms with Gasteiger partial charge in [0.1, 0.15) is 0 Å². The molecule has 0 radical (unpaired) electrons. The van der Waals surface area contributed by atoms with Gasteiger partial charge in [0.2, 0.25) is 10.0 Å². The summed E-state index contributed by atoms with van der Waals surface area (Å²) in [4.78, 5) is 3.53. The molecule has 24 heavy (non-hydrogen) atoms. The lowest BCUT2D eigenvalue weighted by atomic mass is 10.3. The lowest BCUT2D eigenvalue weighted by Crippen LogP contribution is -2.25. The van der Waals surface area contributed by atoms with Gasteiger partial charge in [0.15, 0.2) is 21.4 Å². The Labute approximate surface area is 149 Å². The SMILES string of the molecule is CS(=O)(=O)c1cnc(N(c2cc(Cl)cc(Cl)c2)S(C)(=O)=O)c(O)c1. The number of hydrogen-bond donors (Lipinski definition) is 1. The van der Waals surface area contributed by atoms with Crippen molar-refractivity contribution in [1.82, 2.24) is 4.98 Å². The highest BCUT2D eigenvalue weighted by atomic mass is 35.5. The summed E-state index contributed by atoms with van der Waals surface area (Å²) in [5, 5.41) is 10.4. The molecule has 1 aromatic heterocycles. The standard InChI is InChI=1S/C13H12Cl2N2O5S2/c1-23(19,20)11-6-12(18)13(16-7-11)17(24(2,21)22)10-4-8(14)3-9(15)5-10/h3-7,18H,1-2H3. The molecule has 0 fully saturated rings. The van der Waals surface area contributed by atoms with Gasteiger partial charge in [-0.05, 0) is 18.2 Å². The fraction of sp³-hybridized carbons (Fsp3) is 0.154. The first-order valence-corrected chi connectivity index (χ1v) is 10.7. The third kappa shape index (κ3) is 4.10. The van der Waals surface area contributed by atoms with E-state index in [0.717, 1.165) is 24.8 Å². The first-order valence-electron chi connectivity index (χ1n) is 6.25. The Bertz CT molecular complexity index is 987. The van der Waals surface area contributed by atoms with Crippen LogP contribution in [-0.2, 0) is 19.9 Å². The second-order valence-electron chi connectivity index (χ2n) is 4.94. The maximum Gasteiger partial charge on any atom is 0.237 e. The van der Waals surface area contributed by atoms with Crippen LogP contribution in [0.2, 0.25) is 10.0 Å². The summed E-state index contributed by atoms with van der Waals surface area (Å²) in [7, 11) is -7.55. The second kappa shape index (κ2) is 6.40. The largest absolute Gasteiger partial charge is 0.504 e. The lowest BCUT2D eigenvalue weighted by Gasteiger charge is -2.22. The van der Waals surface area contributed by atoms with E-state index in [9.17, 15) is 21.9 Å². The highest BCUT2D eigenvalue weighted by Crippen LogP contribution is 2.36. The van der Waals surface area contributed by atoms with Crippen LogP contribution in [0.15, 0.2) is 35.4 Å². The Morgan fingerprint density at radius 1 is 1.00 bits per heavy atom. The van der Waals surface area contributed by atoms with Crippen molar-refractivity contribution in [2.75, 3.05) is 16.8 Å². The van der Waals surface area contributed by atoms with Crippen LogP contribution in [0.1, 0.15) is 0 Å². The van der Waals surface area contributed by atoms with E-state index in [1.54, 1.807) is 0 Å². The number of hydrogen-bond acceptors (Lipinski definition) is 6. The summed E-state index contributed by atoms with van der Waals surface area (Å²) >= 11 is 11.8. The Balaban J connectivity index is 2.71. The van der Waals surface area contributed by atoms with Crippen LogP contribution < -0.4 is 4.31 Å². The number of nitrogens with zero attached hydrogens (tertiary/aromatic N) is 2. The van der Waals surface area contributed by atoms with E-state index in [2.05, 4.69) is 4.98 Å². The topological polar surface area (TPSA) is 105 Å². The van der Waals surface area contributed by atoms with E-state index in [0.29, 0.717) is 4.31 Å². The van der Waals surface area contributed by atoms with Crippen molar-refractivity contribution in [1.29, 1.82) is 0 Å². The van der Waals surface area contributed by atoms with Crippen LogP contribution in [0.25, 0.3) is 0 Å². The van der Waals surface area contributed by atoms with Gasteiger partial charge in [0.05, 0.1) is 16.8 Å². The molecule has 0 amide bonds. The highest BCUT2D eigenvalue weighted by Gasteiger charge is 2.26. The van der Waals surface area contributed by atoms with Crippen molar-refractivity contribution in [2.45, 2.75) is 4.90 Å². The summed E-state index contributed by atoms with van der Waals surface area (Å²) in [6, 6.07) is 4.97. The Hall–Kier alpha value is -1.55. The summed E-state index contributed by atoms with van der Waals surface area (Å²) in [5.74, 6) is -0.998. The average molecular weight is 411 g/mol. The molecule has 0 saturated carbocycles. The van der Waals surface area contributed by atoms with Gasteiger partial charge < -0.3 is 5.11 Å². The smallest absolute Gasteiger partial charge is 0.237 e. The normalized spacial score (nSPS) is 12.2. The van der Waals surface area contributed by atoms with Crippen molar-refractivity contribution in [3.8, 4) is 5.75 Å². The predicted molar refractivity (Wildman–Crippen MR) is 92.5 cm³/mol. The summed E-state index contributed by atoms with van der Waals surface area (Å²) in [5.41, 5.74) is 0.0462. The molecular formula is C13H12Cl2N2O5S2. The predicted octanol–water partition coefficient (Wildman–Crippen LogP) is 2.60. The first-order chi connectivity index (χ1) is 10.9. The fourth-order valence-corrected chi connectivity index (χ4v) is 3.94. The van der Waals surface area contributed by atoms with Crippen molar-refractivity contribution >= 4 is 54.6 Å². The van der Waals surface area contributed by atoms with E-state index in [1.165, 1.54) is 18.2 Å². The number of sulfone groups is 1. The van der Waals surface area contributed by atoms with Gasteiger partial charge >= 0.3 is 0 Å². The average Bonchev–Trinajstić information content (AvgIpc) is 2.37. The van der Waals surface area contributed by atoms with Gasteiger partial charge in [-0.3, -0.25) is 0 Å². The minimum Gasteiger partial charge on any atom is -0.504 e. The third-order valence-corrected chi connectivity index (χ3v) is 5.42. The molecule has 0 spiro atoms. The number of rotatable bonds is 4. The summed E-state index contributed by atoms with van der Waals surface area (Å²) in [6.45, 7) is 0. The van der Waals surface area contributed by atoms with Crippen LogP contribution in [-0.4, -0.2) is 39.4 Å². The summed E-state index contributed by atoms with van der Waals surface area (Å²) < 4.78 is 48.0. The van der Waals surface area contributed by atoms with E-state index in [1.807, 2.05) is 0 Å². The van der Waals surface area contributed by atoms with E-state index < -0.39 is 25.6 Å². The van der Waals surface area contributed by atoms with Gasteiger partial charge in [-0.15, -0.1) is 0 Å². The molecular weight excluding hydrogens is 399 g/mol. The monoisotopic (exact) mass is 410 g/mol. The van der Waals surface area contributed by atoms with E-state index >= 15 is 0 Å². The van der Waals surface area contributed by atoms with Crippen LogP contribution in [0, 0.1) is 0 Å². The van der Waals surface area contributed by atoms with Gasteiger partial charge in [-0.2, -0.15) is 0 Å². The third-order valence-electron chi connectivity index (χ3n) is 2.86. The molecule has 0 atom stereocenters. The Morgan fingerprint density at radius 2 is 1.54 bits per heavy atom. The lowest BCUT2D eigenvalue weighted by molar-refractivity contribution is 0.471. The minimum atomic E-state index is -3.93.